The minimum absolute atomic E-state index is 0.175. The number of fused-ring (bicyclic) bond motifs is 1. The lowest BCUT2D eigenvalue weighted by Gasteiger charge is -2.02. The molecule has 0 aliphatic heterocycles. The molecule has 0 saturated heterocycles. The maximum Gasteiger partial charge on any atom is 0.189 e. The summed E-state index contributed by atoms with van der Waals surface area (Å²) >= 11 is 0. The third-order valence-electron chi connectivity index (χ3n) is 3.81. The van der Waals surface area contributed by atoms with Gasteiger partial charge in [0.25, 0.3) is 0 Å². The molecule has 2 aromatic rings. The lowest BCUT2D eigenvalue weighted by Crippen LogP contribution is -1.95. The Bertz CT molecular complexity index is 693. The van der Waals surface area contributed by atoms with Gasteiger partial charge in [0.2, 0.25) is 0 Å². The van der Waals surface area contributed by atoms with E-state index >= 15 is 0 Å². The van der Waals surface area contributed by atoms with Gasteiger partial charge in [0, 0.05) is 17.6 Å². The highest BCUT2D eigenvalue weighted by molar-refractivity contribution is 6.15. The fourth-order valence-electron chi connectivity index (χ4n) is 2.53. The molecule has 0 atom stereocenters. The summed E-state index contributed by atoms with van der Waals surface area (Å²) in [5, 5.41) is 0. The van der Waals surface area contributed by atoms with Crippen LogP contribution < -0.4 is 0 Å². The summed E-state index contributed by atoms with van der Waals surface area (Å²) in [7, 11) is 0. The molecular weight excluding hydrogens is 232 g/mol. The van der Waals surface area contributed by atoms with Gasteiger partial charge in [-0.3, -0.25) is 4.79 Å². The number of hydrogen-bond acceptors (Lipinski definition) is 1. The Morgan fingerprint density at radius 3 is 2.53 bits per heavy atom. The summed E-state index contributed by atoms with van der Waals surface area (Å²) in [6.45, 7) is 4.20. The summed E-state index contributed by atoms with van der Waals surface area (Å²) in [5.41, 5.74) is 6.55. The molecule has 19 heavy (non-hydrogen) atoms. The summed E-state index contributed by atoms with van der Waals surface area (Å²) in [5.74, 6) is 0.175. The van der Waals surface area contributed by atoms with Gasteiger partial charge in [-0.15, -0.1) is 0 Å². The van der Waals surface area contributed by atoms with Crippen molar-refractivity contribution in [1.82, 2.24) is 0 Å². The fourth-order valence-corrected chi connectivity index (χ4v) is 2.53. The molecule has 1 heteroatoms. The molecule has 0 heterocycles. The second kappa shape index (κ2) is 4.51. The van der Waals surface area contributed by atoms with Crippen molar-refractivity contribution in [3.05, 3.63) is 75.9 Å². The van der Waals surface area contributed by atoms with Crippen molar-refractivity contribution in [2.75, 3.05) is 0 Å². The van der Waals surface area contributed by atoms with Gasteiger partial charge in [-0.05, 0) is 42.2 Å². The van der Waals surface area contributed by atoms with Gasteiger partial charge in [-0.2, -0.15) is 0 Å². The minimum atomic E-state index is 0.175. The van der Waals surface area contributed by atoms with E-state index in [0.717, 1.165) is 28.7 Å². The second-order valence-corrected chi connectivity index (χ2v) is 5.18. The molecular formula is C18H16O. The first kappa shape index (κ1) is 11.9. The Morgan fingerprint density at radius 2 is 1.79 bits per heavy atom. The quantitative estimate of drug-likeness (QED) is 0.694. The van der Waals surface area contributed by atoms with E-state index in [1.807, 2.05) is 30.3 Å². The zero-order chi connectivity index (χ0) is 13.4. The van der Waals surface area contributed by atoms with Crippen molar-refractivity contribution in [3.8, 4) is 0 Å². The van der Waals surface area contributed by atoms with E-state index < -0.39 is 0 Å². The third kappa shape index (κ3) is 2.12. The molecule has 0 aromatic heterocycles. The SMILES string of the molecule is Cc1ccc(/C=C2\Cc3ccccc3C2=O)cc1C. The van der Waals surface area contributed by atoms with E-state index in [-0.39, 0.29) is 5.78 Å². The fraction of sp³-hybridized carbons (Fsp3) is 0.167. The van der Waals surface area contributed by atoms with Gasteiger partial charge in [0.05, 0.1) is 0 Å². The molecule has 1 nitrogen and oxygen atoms in total. The first-order valence-corrected chi connectivity index (χ1v) is 6.55. The molecule has 1 aliphatic carbocycles. The van der Waals surface area contributed by atoms with Crippen LogP contribution >= 0.6 is 0 Å². The number of allylic oxidation sites excluding steroid dienone is 1. The highest BCUT2D eigenvalue weighted by Crippen LogP contribution is 2.27. The molecule has 0 unspecified atom stereocenters. The van der Waals surface area contributed by atoms with Gasteiger partial charge in [0.15, 0.2) is 5.78 Å². The molecule has 3 rings (SSSR count). The number of aryl methyl sites for hydroxylation is 2. The first-order valence-electron chi connectivity index (χ1n) is 6.55. The van der Waals surface area contributed by atoms with Crippen molar-refractivity contribution in [1.29, 1.82) is 0 Å². The summed E-state index contributed by atoms with van der Waals surface area (Å²) in [6.07, 6.45) is 2.77. The van der Waals surface area contributed by atoms with Gasteiger partial charge in [0.1, 0.15) is 0 Å². The van der Waals surface area contributed by atoms with Crippen LogP contribution in [0, 0.1) is 13.8 Å². The number of benzene rings is 2. The van der Waals surface area contributed by atoms with Crippen molar-refractivity contribution >= 4 is 11.9 Å². The van der Waals surface area contributed by atoms with Gasteiger partial charge in [-0.25, -0.2) is 0 Å². The Balaban J connectivity index is 1.98. The van der Waals surface area contributed by atoms with Crippen molar-refractivity contribution in [3.63, 3.8) is 0 Å². The van der Waals surface area contributed by atoms with Crippen molar-refractivity contribution in [2.45, 2.75) is 20.3 Å². The smallest absolute Gasteiger partial charge is 0.189 e. The number of carbonyl (C=O) groups excluding carboxylic acids is 1. The molecule has 2 aromatic carbocycles. The molecule has 1 aliphatic rings. The number of rotatable bonds is 1. The highest BCUT2D eigenvalue weighted by Gasteiger charge is 2.23. The van der Waals surface area contributed by atoms with E-state index in [1.54, 1.807) is 0 Å². The molecule has 94 valence electrons. The van der Waals surface area contributed by atoms with Crippen LogP contribution in [0.25, 0.3) is 6.08 Å². The Hall–Kier alpha value is -2.15. The van der Waals surface area contributed by atoms with Crippen LogP contribution in [0.2, 0.25) is 0 Å². The minimum Gasteiger partial charge on any atom is -0.289 e. The Labute approximate surface area is 113 Å². The third-order valence-corrected chi connectivity index (χ3v) is 3.81. The lowest BCUT2D eigenvalue weighted by molar-refractivity contribution is 0.104. The Morgan fingerprint density at radius 1 is 1.00 bits per heavy atom. The van der Waals surface area contributed by atoms with Crippen LogP contribution in [0.1, 0.15) is 32.6 Å². The van der Waals surface area contributed by atoms with E-state index in [2.05, 4.69) is 32.0 Å². The summed E-state index contributed by atoms with van der Waals surface area (Å²) in [6, 6.07) is 14.2. The monoisotopic (exact) mass is 248 g/mol. The van der Waals surface area contributed by atoms with Gasteiger partial charge < -0.3 is 0 Å². The molecule has 0 N–H and O–H groups in total. The average Bonchev–Trinajstić information content (AvgIpc) is 2.72. The predicted octanol–water partition coefficient (Wildman–Crippen LogP) is 4.13. The summed E-state index contributed by atoms with van der Waals surface area (Å²) < 4.78 is 0. The number of hydrogen-bond donors (Lipinski definition) is 0. The van der Waals surface area contributed by atoms with Gasteiger partial charge >= 0.3 is 0 Å². The molecule has 0 amide bonds. The predicted molar refractivity (Wildman–Crippen MR) is 78.4 cm³/mol. The number of Topliss-reactive ketones (excluding diaryl/α,β-unsaturated/α-hetero) is 1. The van der Waals surface area contributed by atoms with Crippen LogP contribution in [-0.2, 0) is 6.42 Å². The molecule has 0 bridgehead atoms. The van der Waals surface area contributed by atoms with Crippen LogP contribution in [0.3, 0.4) is 0 Å². The highest BCUT2D eigenvalue weighted by atomic mass is 16.1. The maximum atomic E-state index is 12.3. The van der Waals surface area contributed by atoms with Crippen LogP contribution in [0.4, 0.5) is 0 Å². The van der Waals surface area contributed by atoms with Crippen molar-refractivity contribution < 1.29 is 4.79 Å². The molecule has 0 radical (unpaired) electrons. The average molecular weight is 248 g/mol. The van der Waals surface area contributed by atoms with Crippen LogP contribution in [-0.4, -0.2) is 5.78 Å². The van der Waals surface area contributed by atoms with Crippen LogP contribution in [0.15, 0.2) is 48.0 Å². The van der Waals surface area contributed by atoms with Crippen molar-refractivity contribution in [2.24, 2.45) is 0 Å². The van der Waals surface area contributed by atoms with Crippen LogP contribution in [0.5, 0.6) is 0 Å². The topological polar surface area (TPSA) is 17.1 Å². The second-order valence-electron chi connectivity index (χ2n) is 5.18. The van der Waals surface area contributed by atoms with Gasteiger partial charge in [-0.1, -0.05) is 42.5 Å². The zero-order valence-electron chi connectivity index (χ0n) is 11.2. The molecule has 0 saturated carbocycles. The summed E-state index contributed by atoms with van der Waals surface area (Å²) in [4.78, 5) is 12.3. The number of carbonyl (C=O) groups is 1. The zero-order valence-corrected chi connectivity index (χ0v) is 11.2. The van der Waals surface area contributed by atoms with E-state index in [9.17, 15) is 4.79 Å². The molecule has 0 fully saturated rings. The Kier molecular flexibility index (Phi) is 2.83. The standard InChI is InChI=1S/C18H16O/c1-12-7-8-14(9-13(12)2)10-16-11-15-5-3-4-6-17(15)18(16)19/h3-10H,11H2,1-2H3/b16-10+. The lowest BCUT2D eigenvalue weighted by atomic mass is 10.0. The van der Waals surface area contributed by atoms with E-state index in [1.165, 1.54) is 11.1 Å². The normalized spacial score (nSPS) is 15.9. The first-order chi connectivity index (χ1) is 9.15. The number of ketones is 1. The van der Waals surface area contributed by atoms with E-state index in [4.69, 9.17) is 0 Å². The molecule has 0 spiro atoms. The largest absolute Gasteiger partial charge is 0.289 e. The van der Waals surface area contributed by atoms with E-state index in [0.29, 0.717) is 0 Å². The maximum absolute atomic E-state index is 12.3.